The lowest BCUT2D eigenvalue weighted by atomic mass is 10.1. The van der Waals surface area contributed by atoms with Crippen molar-refractivity contribution >= 4 is 28.1 Å². The third-order valence-electron chi connectivity index (χ3n) is 3.58. The first-order chi connectivity index (χ1) is 9.67. The standard InChI is InChI=1S/C15H17N3OS/c1-9-13(14(19)16-2)20-15(17-9)18-12-7-6-10-4-3-5-11(10)8-12/h6-8H,3-5H2,1-2H3,(H,16,19)(H,17,18). The van der Waals surface area contributed by atoms with Crippen LogP contribution in [0.15, 0.2) is 18.2 Å². The molecule has 0 bridgehead atoms. The minimum atomic E-state index is -0.0815. The molecule has 0 saturated heterocycles. The summed E-state index contributed by atoms with van der Waals surface area (Å²) in [6.07, 6.45) is 3.59. The van der Waals surface area contributed by atoms with Gasteiger partial charge in [0.25, 0.3) is 5.91 Å². The van der Waals surface area contributed by atoms with Crippen LogP contribution in [0, 0.1) is 6.92 Å². The Morgan fingerprint density at radius 2 is 2.10 bits per heavy atom. The van der Waals surface area contributed by atoms with Gasteiger partial charge in [0.15, 0.2) is 5.13 Å². The Kier molecular flexibility index (Phi) is 3.44. The lowest BCUT2D eigenvalue weighted by Crippen LogP contribution is -2.17. The van der Waals surface area contributed by atoms with Crippen molar-refractivity contribution in [1.82, 2.24) is 10.3 Å². The maximum atomic E-state index is 11.7. The maximum Gasteiger partial charge on any atom is 0.263 e. The summed E-state index contributed by atoms with van der Waals surface area (Å²) in [5, 5.41) is 6.70. The van der Waals surface area contributed by atoms with Gasteiger partial charge in [0.2, 0.25) is 0 Å². The Morgan fingerprint density at radius 1 is 1.30 bits per heavy atom. The lowest BCUT2D eigenvalue weighted by Gasteiger charge is -2.05. The molecule has 0 fully saturated rings. The molecule has 1 heterocycles. The van der Waals surface area contributed by atoms with E-state index in [9.17, 15) is 4.79 Å². The van der Waals surface area contributed by atoms with Gasteiger partial charge < -0.3 is 10.6 Å². The molecule has 5 heteroatoms. The molecule has 0 aliphatic heterocycles. The van der Waals surface area contributed by atoms with Crippen molar-refractivity contribution in [3.63, 3.8) is 0 Å². The van der Waals surface area contributed by atoms with E-state index in [0.717, 1.165) is 22.9 Å². The Hall–Kier alpha value is -1.88. The van der Waals surface area contributed by atoms with E-state index in [4.69, 9.17) is 0 Å². The molecule has 104 valence electrons. The number of hydrogen-bond acceptors (Lipinski definition) is 4. The molecule has 1 aliphatic carbocycles. The highest BCUT2D eigenvalue weighted by Gasteiger charge is 2.15. The van der Waals surface area contributed by atoms with Gasteiger partial charge in [0.05, 0.1) is 5.69 Å². The highest BCUT2D eigenvalue weighted by atomic mass is 32.1. The van der Waals surface area contributed by atoms with Crippen LogP contribution in [-0.2, 0) is 12.8 Å². The number of aryl methyl sites for hydroxylation is 3. The smallest absolute Gasteiger partial charge is 0.263 e. The Morgan fingerprint density at radius 3 is 2.90 bits per heavy atom. The van der Waals surface area contributed by atoms with Gasteiger partial charge in [0.1, 0.15) is 4.88 Å². The average Bonchev–Trinajstić information content (AvgIpc) is 3.04. The van der Waals surface area contributed by atoms with Crippen molar-refractivity contribution in [2.75, 3.05) is 12.4 Å². The third kappa shape index (κ3) is 2.41. The molecule has 0 saturated carbocycles. The number of aromatic nitrogens is 1. The zero-order valence-electron chi connectivity index (χ0n) is 11.6. The van der Waals surface area contributed by atoms with E-state index < -0.39 is 0 Å². The summed E-state index contributed by atoms with van der Waals surface area (Å²) in [4.78, 5) is 16.8. The summed E-state index contributed by atoms with van der Waals surface area (Å²) in [5.74, 6) is -0.0815. The second kappa shape index (κ2) is 5.25. The van der Waals surface area contributed by atoms with Crippen LogP contribution >= 0.6 is 11.3 Å². The van der Waals surface area contributed by atoms with Gasteiger partial charge in [-0.2, -0.15) is 0 Å². The second-order valence-electron chi connectivity index (χ2n) is 4.97. The first-order valence-corrected chi connectivity index (χ1v) is 7.57. The van der Waals surface area contributed by atoms with Gasteiger partial charge in [-0.3, -0.25) is 4.79 Å². The normalized spacial score (nSPS) is 13.1. The number of hydrogen-bond donors (Lipinski definition) is 2. The number of thiazole rings is 1. The average molecular weight is 287 g/mol. The van der Waals surface area contributed by atoms with Crippen LogP contribution in [0.2, 0.25) is 0 Å². The summed E-state index contributed by atoms with van der Waals surface area (Å²) >= 11 is 1.39. The number of fused-ring (bicyclic) bond motifs is 1. The first-order valence-electron chi connectivity index (χ1n) is 6.75. The molecule has 0 atom stereocenters. The zero-order valence-corrected chi connectivity index (χ0v) is 12.4. The largest absolute Gasteiger partial charge is 0.354 e. The molecule has 2 aromatic rings. The third-order valence-corrected chi connectivity index (χ3v) is 4.65. The first kappa shape index (κ1) is 13.1. The molecular formula is C15H17N3OS. The highest BCUT2D eigenvalue weighted by Crippen LogP contribution is 2.29. The molecule has 1 aromatic carbocycles. The predicted octanol–water partition coefficient (Wildman–Crippen LogP) is 3.04. The number of rotatable bonds is 3. The van der Waals surface area contributed by atoms with E-state index in [0.29, 0.717) is 4.88 Å². The molecule has 1 aromatic heterocycles. The summed E-state index contributed by atoms with van der Waals surface area (Å²) in [6, 6.07) is 6.46. The molecule has 0 spiro atoms. The fourth-order valence-corrected chi connectivity index (χ4v) is 3.48. The molecule has 4 nitrogen and oxygen atoms in total. The number of nitrogens with zero attached hydrogens (tertiary/aromatic N) is 1. The van der Waals surface area contributed by atoms with Gasteiger partial charge >= 0.3 is 0 Å². The van der Waals surface area contributed by atoms with Crippen LogP contribution < -0.4 is 10.6 Å². The number of amides is 1. The van der Waals surface area contributed by atoms with Crippen molar-refractivity contribution in [3.8, 4) is 0 Å². The second-order valence-corrected chi connectivity index (χ2v) is 5.97. The quantitative estimate of drug-likeness (QED) is 0.912. The van der Waals surface area contributed by atoms with Crippen LogP contribution in [-0.4, -0.2) is 17.9 Å². The minimum absolute atomic E-state index is 0.0815. The molecule has 20 heavy (non-hydrogen) atoms. The molecule has 0 radical (unpaired) electrons. The topological polar surface area (TPSA) is 54.0 Å². The predicted molar refractivity (Wildman–Crippen MR) is 82.0 cm³/mol. The molecule has 0 unspecified atom stereocenters. The van der Waals surface area contributed by atoms with Crippen molar-refractivity contribution in [2.45, 2.75) is 26.2 Å². The van der Waals surface area contributed by atoms with Crippen LogP contribution in [0.4, 0.5) is 10.8 Å². The van der Waals surface area contributed by atoms with Crippen LogP contribution in [0.1, 0.15) is 32.9 Å². The Bertz CT molecular complexity index is 663. The van der Waals surface area contributed by atoms with E-state index >= 15 is 0 Å². The van der Waals surface area contributed by atoms with Gasteiger partial charge in [-0.05, 0) is 49.4 Å². The highest BCUT2D eigenvalue weighted by molar-refractivity contribution is 7.17. The lowest BCUT2D eigenvalue weighted by molar-refractivity contribution is 0.0966. The van der Waals surface area contributed by atoms with E-state index in [1.807, 2.05) is 6.92 Å². The minimum Gasteiger partial charge on any atom is -0.354 e. The summed E-state index contributed by atoms with van der Waals surface area (Å²) < 4.78 is 0. The van der Waals surface area contributed by atoms with Gasteiger partial charge in [-0.1, -0.05) is 17.4 Å². The van der Waals surface area contributed by atoms with Crippen LogP contribution in [0.5, 0.6) is 0 Å². The van der Waals surface area contributed by atoms with Crippen LogP contribution in [0.3, 0.4) is 0 Å². The molecule has 1 aliphatic rings. The van der Waals surface area contributed by atoms with Crippen LogP contribution in [0.25, 0.3) is 0 Å². The fraction of sp³-hybridized carbons (Fsp3) is 0.333. The molecular weight excluding hydrogens is 270 g/mol. The van der Waals surface area contributed by atoms with Gasteiger partial charge in [-0.25, -0.2) is 4.98 Å². The number of carbonyl (C=O) groups excluding carboxylic acids is 1. The van der Waals surface area contributed by atoms with E-state index in [-0.39, 0.29) is 5.91 Å². The number of nitrogens with one attached hydrogen (secondary N) is 2. The zero-order chi connectivity index (χ0) is 14.1. The van der Waals surface area contributed by atoms with Crippen molar-refractivity contribution in [3.05, 3.63) is 39.9 Å². The molecule has 1 amide bonds. The molecule has 2 N–H and O–H groups in total. The maximum absolute atomic E-state index is 11.7. The fourth-order valence-electron chi connectivity index (χ4n) is 2.55. The number of anilines is 2. The Balaban J connectivity index is 1.83. The van der Waals surface area contributed by atoms with E-state index in [2.05, 4.69) is 33.8 Å². The van der Waals surface area contributed by atoms with Gasteiger partial charge in [0, 0.05) is 12.7 Å². The summed E-state index contributed by atoms with van der Waals surface area (Å²) in [5.41, 5.74) is 4.69. The van der Waals surface area contributed by atoms with E-state index in [1.54, 1.807) is 7.05 Å². The van der Waals surface area contributed by atoms with E-state index in [1.165, 1.54) is 35.3 Å². The summed E-state index contributed by atoms with van der Waals surface area (Å²) in [6.45, 7) is 1.86. The number of benzene rings is 1. The summed E-state index contributed by atoms with van der Waals surface area (Å²) in [7, 11) is 1.63. The number of carbonyl (C=O) groups is 1. The molecule has 3 rings (SSSR count). The Labute approximate surface area is 122 Å². The van der Waals surface area contributed by atoms with Gasteiger partial charge in [-0.15, -0.1) is 0 Å². The van der Waals surface area contributed by atoms with Crippen molar-refractivity contribution in [1.29, 1.82) is 0 Å². The monoisotopic (exact) mass is 287 g/mol. The SMILES string of the molecule is CNC(=O)c1sc(Nc2ccc3c(c2)CCC3)nc1C. The van der Waals surface area contributed by atoms with Crippen molar-refractivity contribution < 1.29 is 4.79 Å². The van der Waals surface area contributed by atoms with Crippen molar-refractivity contribution in [2.24, 2.45) is 0 Å².